The maximum absolute atomic E-state index is 14.0. The molecule has 0 fully saturated rings. The van der Waals surface area contributed by atoms with Crippen LogP contribution in [0.1, 0.15) is 38.3 Å². The number of rotatable bonds is 12. The minimum absolute atomic E-state index is 0.0261. The Morgan fingerprint density at radius 3 is 2.25 bits per heavy atom. The molecule has 3 rings (SSSR count). The number of carbonyl (C=O) groups excluding carboxylic acids is 2. The summed E-state index contributed by atoms with van der Waals surface area (Å²) >= 11 is 6.05. The number of hydrogen-bond acceptors (Lipinski definition) is 5. The molecule has 3 aromatic rings. The number of nitrogens with zero attached hydrogens (tertiary/aromatic N) is 2. The molecule has 0 aliphatic rings. The third kappa shape index (κ3) is 7.55. The number of methoxy groups -OCH3 is 1. The number of amides is 2. The number of hydrogen-bond donors (Lipinski definition) is 1. The van der Waals surface area contributed by atoms with Gasteiger partial charge in [0.15, 0.2) is 0 Å². The van der Waals surface area contributed by atoms with Gasteiger partial charge in [-0.1, -0.05) is 54.9 Å². The van der Waals surface area contributed by atoms with E-state index in [0.717, 1.165) is 21.9 Å². The number of carbonyl (C=O) groups is 2. The van der Waals surface area contributed by atoms with Crippen LogP contribution >= 0.6 is 11.6 Å². The Morgan fingerprint density at radius 1 is 1.00 bits per heavy atom. The van der Waals surface area contributed by atoms with Crippen molar-refractivity contribution in [3.63, 3.8) is 0 Å². The number of sulfonamides is 1. The van der Waals surface area contributed by atoms with E-state index in [9.17, 15) is 18.0 Å². The van der Waals surface area contributed by atoms with Gasteiger partial charge < -0.3 is 15.0 Å². The van der Waals surface area contributed by atoms with Crippen molar-refractivity contribution in [1.82, 2.24) is 10.2 Å². The highest BCUT2D eigenvalue weighted by molar-refractivity contribution is 7.92. The van der Waals surface area contributed by atoms with Crippen LogP contribution in [0.5, 0.6) is 5.75 Å². The number of ether oxygens (including phenoxy) is 1. The largest absolute Gasteiger partial charge is 0.495 e. The summed E-state index contributed by atoms with van der Waals surface area (Å²) in [6.45, 7) is 6.82. The van der Waals surface area contributed by atoms with Gasteiger partial charge in [-0.3, -0.25) is 13.9 Å². The Bertz CT molecular complexity index is 1420. The molecule has 0 aromatic heterocycles. The van der Waals surface area contributed by atoms with E-state index in [1.807, 2.05) is 20.8 Å². The van der Waals surface area contributed by atoms with Crippen LogP contribution in [-0.4, -0.2) is 50.9 Å². The van der Waals surface area contributed by atoms with Gasteiger partial charge in [-0.15, -0.1) is 0 Å². The summed E-state index contributed by atoms with van der Waals surface area (Å²) in [5.74, 6) is -0.586. The number of halogens is 1. The molecule has 0 saturated heterocycles. The Morgan fingerprint density at radius 2 is 1.65 bits per heavy atom. The average Bonchev–Trinajstić information content (AvgIpc) is 2.95. The molecule has 214 valence electrons. The fraction of sp³-hybridized carbons (Fsp3) is 0.333. The molecule has 0 unspecified atom stereocenters. The van der Waals surface area contributed by atoms with Crippen LogP contribution < -0.4 is 14.4 Å². The minimum atomic E-state index is -4.19. The summed E-state index contributed by atoms with van der Waals surface area (Å²) in [5.41, 5.74) is 1.75. The van der Waals surface area contributed by atoms with Crippen molar-refractivity contribution in [2.45, 2.75) is 57.6 Å². The Kier molecular flexibility index (Phi) is 10.6. The van der Waals surface area contributed by atoms with Crippen molar-refractivity contribution in [1.29, 1.82) is 0 Å². The van der Waals surface area contributed by atoms with E-state index in [4.69, 9.17) is 16.3 Å². The van der Waals surface area contributed by atoms with Gasteiger partial charge in [0.2, 0.25) is 11.8 Å². The zero-order valence-corrected chi connectivity index (χ0v) is 25.0. The van der Waals surface area contributed by atoms with Crippen LogP contribution in [0.4, 0.5) is 5.69 Å². The average molecular weight is 586 g/mol. The van der Waals surface area contributed by atoms with Crippen molar-refractivity contribution >= 4 is 39.1 Å². The lowest BCUT2D eigenvalue weighted by molar-refractivity contribution is -0.139. The van der Waals surface area contributed by atoms with E-state index < -0.39 is 28.5 Å². The molecular formula is C30H36ClN3O5S. The molecule has 2 amide bonds. The van der Waals surface area contributed by atoms with Crippen molar-refractivity contribution in [3.8, 4) is 5.75 Å². The lowest BCUT2D eigenvalue weighted by atomic mass is 10.1. The standard InChI is InChI=1S/C30H36ClN3O5S/c1-6-22(3)32-30(36)23(4)33(19-24-13-15-25(31)16-14-24)29(35)20-34(27-18-21(2)12-17-28(27)39-5)40(37,38)26-10-8-7-9-11-26/h7-18,22-23H,6,19-20H2,1-5H3,(H,32,36)/t22-,23-/m0/s1. The van der Waals surface area contributed by atoms with Crippen molar-refractivity contribution in [2.75, 3.05) is 18.0 Å². The number of nitrogens with one attached hydrogen (secondary N) is 1. The second-order valence-electron chi connectivity index (χ2n) is 9.64. The van der Waals surface area contributed by atoms with E-state index >= 15 is 0 Å². The summed E-state index contributed by atoms with van der Waals surface area (Å²) < 4.78 is 34.5. The Labute approximate surface area is 241 Å². The molecule has 8 nitrogen and oxygen atoms in total. The Hall–Kier alpha value is -3.56. The maximum atomic E-state index is 14.0. The quantitative estimate of drug-likeness (QED) is 0.316. The normalized spacial score (nSPS) is 12.8. The molecule has 0 spiro atoms. The van der Waals surface area contributed by atoms with E-state index in [1.54, 1.807) is 67.6 Å². The first-order valence-electron chi connectivity index (χ1n) is 13.0. The fourth-order valence-corrected chi connectivity index (χ4v) is 5.63. The fourth-order valence-electron chi connectivity index (χ4n) is 4.06. The van der Waals surface area contributed by atoms with E-state index in [0.29, 0.717) is 10.8 Å². The third-order valence-electron chi connectivity index (χ3n) is 6.65. The zero-order chi connectivity index (χ0) is 29.4. The molecule has 0 aliphatic heterocycles. The van der Waals surface area contributed by atoms with Crippen LogP contribution in [0, 0.1) is 6.92 Å². The van der Waals surface area contributed by atoms with Crippen LogP contribution in [-0.2, 0) is 26.2 Å². The summed E-state index contributed by atoms with van der Waals surface area (Å²) in [6.07, 6.45) is 0.722. The molecule has 10 heteroatoms. The number of benzene rings is 3. The molecule has 0 bridgehead atoms. The summed E-state index contributed by atoms with van der Waals surface area (Å²) in [4.78, 5) is 28.6. The maximum Gasteiger partial charge on any atom is 0.264 e. The van der Waals surface area contributed by atoms with Gasteiger partial charge in [-0.25, -0.2) is 8.42 Å². The first kappa shape index (κ1) is 31.0. The molecule has 0 aliphatic carbocycles. The molecule has 3 aromatic carbocycles. The minimum Gasteiger partial charge on any atom is -0.495 e. The van der Waals surface area contributed by atoms with Crippen LogP contribution in [0.2, 0.25) is 5.02 Å². The zero-order valence-electron chi connectivity index (χ0n) is 23.4. The molecule has 0 saturated carbocycles. The first-order valence-corrected chi connectivity index (χ1v) is 14.9. The SMILES string of the molecule is CC[C@H](C)NC(=O)[C@H](C)N(Cc1ccc(Cl)cc1)C(=O)CN(c1cc(C)ccc1OC)S(=O)(=O)c1ccccc1. The van der Waals surface area contributed by atoms with E-state index in [-0.39, 0.29) is 29.1 Å². The smallest absolute Gasteiger partial charge is 0.264 e. The lowest BCUT2D eigenvalue weighted by Gasteiger charge is -2.33. The summed E-state index contributed by atoms with van der Waals surface area (Å²) in [5, 5.41) is 3.46. The van der Waals surface area contributed by atoms with Gasteiger partial charge in [-0.05, 0) is 74.7 Å². The summed E-state index contributed by atoms with van der Waals surface area (Å²) in [7, 11) is -2.75. The van der Waals surface area contributed by atoms with Gasteiger partial charge >= 0.3 is 0 Å². The molecule has 1 N–H and O–H groups in total. The monoisotopic (exact) mass is 585 g/mol. The molecule has 2 atom stereocenters. The van der Waals surface area contributed by atoms with Gasteiger partial charge in [0.1, 0.15) is 18.3 Å². The number of anilines is 1. The van der Waals surface area contributed by atoms with Crippen molar-refractivity contribution < 1.29 is 22.7 Å². The van der Waals surface area contributed by atoms with Crippen LogP contribution in [0.15, 0.2) is 77.7 Å². The molecular weight excluding hydrogens is 550 g/mol. The topological polar surface area (TPSA) is 96.0 Å². The summed E-state index contributed by atoms with van der Waals surface area (Å²) in [6, 6.07) is 19.0. The first-order chi connectivity index (χ1) is 19.0. The third-order valence-corrected chi connectivity index (χ3v) is 8.67. The molecule has 0 radical (unpaired) electrons. The van der Waals surface area contributed by atoms with Gasteiger partial charge in [0.05, 0.1) is 17.7 Å². The second-order valence-corrected chi connectivity index (χ2v) is 11.9. The predicted molar refractivity (Wildman–Crippen MR) is 158 cm³/mol. The number of aryl methyl sites for hydroxylation is 1. The molecule has 0 heterocycles. The Balaban J connectivity index is 2.08. The highest BCUT2D eigenvalue weighted by Gasteiger charge is 2.34. The van der Waals surface area contributed by atoms with Crippen molar-refractivity contribution in [2.24, 2.45) is 0 Å². The molecule has 40 heavy (non-hydrogen) atoms. The highest BCUT2D eigenvalue weighted by Crippen LogP contribution is 2.33. The van der Waals surface area contributed by atoms with Gasteiger partial charge in [0.25, 0.3) is 10.0 Å². The van der Waals surface area contributed by atoms with E-state index in [1.165, 1.54) is 24.1 Å². The van der Waals surface area contributed by atoms with E-state index in [2.05, 4.69) is 5.32 Å². The van der Waals surface area contributed by atoms with Crippen LogP contribution in [0.3, 0.4) is 0 Å². The highest BCUT2D eigenvalue weighted by atomic mass is 35.5. The van der Waals surface area contributed by atoms with Crippen LogP contribution in [0.25, 0.3) is 0 Å². The van der Waals surface area contributed by atoms with Gasteiger partial charge in [0, 0.05) is 17.6 Å². The van der Waals surface area contributed by atoms with Gasteiger partial charge in [-0.2, -0.15) is 0 Å². The predicted octanol–water partition coefficient (Wildman–Crippen LogP) is 5.18. The van der Waals surface area contributed by atoms with Crippen molar-refractivity contribution in [3.05, 3.63) is 88.9 Å². The second kappa shape index (κ2) is 13.7. The lowest BCUT2D eigenvalue weighted by Crippen LogP contribution is -2.52.